The van der Waals surface area contributed by atoms with E-state index in [1.54, 1.807) is 0 Å². The van der Waals surface area contributed by atoms with Crippen LogP contribution in [0, 0.1) is 0 Å². The van der Waals surface area contributed by atoms with Crippen molar-refractivity contribution in [2.24, 2.45) is 5.73 Å². The molecule has 2 heteroatoms. The largest absolute Gasteiger partial charge is 0.381 e. The number of rotatable bonds is 11. The van der Waals surface area contributed by atoms with Gasteiger partial charge in [0.2, 0.25) is 0 Å². The van der Waals surface area contributed by atoms with E-state index in [0.29, 0.717) is 0 Å². The molecule has 0 aliphatic carbocycles. The van der Waals surface area contributed by atoms with Crippen LogP contribution in [0.2, 0.25) is 0 Å². The zero-order valence-electron chi connectivity index (χ0n) is 9.76. The Morgan fingerprint density at radius 1 is 0.786 bits per heavy atom. The molecule has 0 atom stereocenters. The minimum Gasteiger partial charge on any atom is -0.381 e. The standard InChI is InChI=1S/C12H27NO/c1-2-11-14-12-9-7-5-3-4-6-8-10-13/h2-13H2,1H3. The fourth-order valence-corrected chi connectivity index (χ4v) is 1.48. The van der Waals surface area contributed by atoms with E-state index in [2.05, 4.69) is 6.92 Å². The quantitative estimate of drug-likeness (QED) is 0.521. The highest BCUT2D eigenvalue weighted by Gasteiger charge is 1.91. The Bertz CT molecular complexity index is 84.3. The van der Waals surface area contributed by atoms with Crippen LogP contribution in [-0.4, -0.2) is 19.8 Å². The molecular weight excluding hydrogens is 174 g/mol. The molecule has 0 aliphatic rings. The van der Waals surface area contributed by atoms with Crippen LogP contribution in [-0.2, 0) is 4.74 Å². The van der Waals surface area contributed by atoms with E-state index in [-0.39, 0.29) is 0 Å². The molecule has 0 spiro atoms. The summed E-state index contributed by atoms with van der Waals surface area (Å²) in [6, 6.07) is 0. The Kier molecular flexibility index (Phi) is 12.8. The van der Waals surface area contributed by atoms with Crippen LogP contribution in [0.3, 0.4) is 0 Å². The normalized spacial score (nSPS) is 10.7. The molecule has 0 aromatic heterocycles. The van der Waals surface area contributed by atoms with Crippen LogP contribution in [0.5, 0.6) is 0 Å². The van der Waals surface area contributed by atoms with Crippen LogP contribution in [0.15, 0.2) is 0 Å². The zero-order chi connectivity index (χ0) is 10.5. The van der Waals surface area contributed by atoms with Gasteiger partial charge in [-0.15, -0.1) is 0 Å². The fraction of sp³-hybridized carbons (Fsp3) is 1.00. The van der Waals surface area contributed by atoms with Crippen LogP contribution >= 0.6 is 0 Å². The molecule has 2 nitrogen and oxygen atoms in total. The summed E-state index contributed by atoms with van der Waals surface area (Å²) < 4.78 is 5.41. The van der Waals surface area contributed by atoms with Crippen LogP contribution < -0.4 is 5.73 Å². The maximum atomic E-state index is 5.42. The monoisotopic (exact) mass is 201 g/mol. The molecule has 0 bridgehead atoms. The van der Waals surface area contributed by atoms with E-state index in [4.69, 9.17) is 10.5 Å². The summed E-state index contributed by atoms with van der Waals surface area (Å²) in [5, 5.41) is 0. The third-order valence-electron chi connectivity index (χ3n) is 2.34. The minimum atomic E-state index is 0.852. The van der Waals surface area contributed by atoms with Gasteiger partial charge in [0.15, 0.2) is 0 Å². The van der Waals surface area contributed by atoms with E-state index in [1.807, 2.05) is 0 Å². The summed E-state index contributed by atoms with van der Waals surface area (Å²) in [5.41, 5.74) is 5.42. The van der Waals surface area contributed by atoms with Gasteiger partial charge in [-0.3, -0.25) is 0 Å². The van der Waals surface area contributed by atoms with Gasteiger partial charge in [0.25, 0.3) is 0 Å². The second-order valence-electron chi connectivity index (χ2n) is 3.88. The van der Waals surface area contributed by atoms with Crippen molar-refractivity contribution in [3.8, 4) is 0 Å². The zero-order valence-corrected chi connectivity index (χ0v) is 9.76. The number of unbranched alkanes of at least 4 members (excludes halogenated alkanes) is 6. The molecule has 0 unspecified atom stereocenters. The Hall–Kier alpha value is -0.0800. The minimum absolute atomic E-state index is 0.852. The topological polar surface area (TPSA) is 35.2 Å². The number of nitrogens with two attached hydrogens (primary N) is 1. The average Bonchev–Trinajstić information content (AvgIpc) is 2.21. The maximum Gasteiger partial charge on any atom is 0.0466 e. The molecular formula is C12H27NO. The fourth-order valence-electron chi connectivity index (χ4n) is 1.48. The lowest BCUT2D eigenvalue weighted by Gasteiger charge is -2.02. The molecule has 0 heterocycles. The lowest BCUT2D eigenvalue weighted by Crippen LogP contribution is -1.97. The SMILES string of the molecule is CCCOCCCCCCCCCN. The van der Waals surface area contributed by atoms with E-state index < -0.39 is 0 Å². The van der Waals surface area contributed by atoms with E-state index in [9.17, 15) is 0 Å². The number of hydrogen-bond acceptors (Lipinski definition) is 2. The van der Waals surface area contributed by atoms with E-state index in [0.717, 1.165) is 26.2 Å². The Balaban J connectivity index is 2.78. The van der Waals surface area contributed by atoms with Crippen molar-refractivity contribution in [1.29, 1.82) is 0 Å². The second-order valence-corrected chi connectivity index (χ2v) is 3.88. The van der Waals surface area contributed by atoms with Gasteiger partial charge in [0.05, 0.1) is 0 Å². The lowest BCUT2D eigenvalue weighted by atomic mass is 10.1. The molecule has 0 radical (unpaired) electrons. The van der Waals surface area contributed by atoms with Gasteiger partial charge in [-0.05, 0) is 25.8 Å². The maximum absolute atomic E-state index is 5.42. The summed E-state index contributed by atoms with van der Waals surface area (Å²) in [7, 11) is 0. The van der Waals surface area contributed by atoms with Gasteiger partial charge in [-0.1, -0.05) is 39.0 Å². The Labute approximate surface area is 89.2 Å². The van der Waals surface area contributed by atoms with Gasteiger partial charge in [-0.2, -0.15) is 0 Å². The van der Waals surface area contributed by atoms with Crippen molar-refractivity contribution in [1.82, 2.24) is 0 Å². The van der Waals surface area contributed by atoms with Crippen molar-refractivity contribution >= 4 is 0 Å². The summed E-state index contributed by atoms with van der Waals surface area (Å²) in [5.74, 6) is 0. The average molecular weight is 201 g/mol. The Morgan fingerprint density at radius 3 is 1.93 bits per heavy atom. The highest BCUT2D eigenvalue weighted by molar-refractivity contribution is 4.46. The summed E-state index contributed by atoms with van der Waals surface area (Å²) in [6.07, 6.45) is 10.3. The first-order chi connectivity index (χ1) is 6.91. The highest BCUT2D eigenvalue weighted by atomic mass is 16.5. The summed E-state index contributed by atoms with van der Waals surface area (Å²) in [4.78, 5) is 0. The van der Waals surface area contributed by atoms with Crippen molar-refractivity contribution in [2.45, 2.75) is 58.3 Å². The molecule has 0 aliphatic heterocycles. The van der Waals surface area contributed by atoms with Crippen LogP contribution in [0.1, 0.15) is 58.3 Å². The number of ether oxygens (including phenoxy) is 1. The third-order valence-corrected chi connectivity index (χ3v) is 2.34. The second kappa shape index (κ2) is 12.9. The predicted molar refractivity (Wildman–Crippen MR) is 62.5 cm³/mol. The van der Waals surface area contributed by atoms with E-state index in [1.165, 1.54) is 44.9 Å². The van der Waals surface area contributed by atoms with Gasteiger partial charge >= 0.3 is 0 Å². The van der Waals surface area contributed by atoms with Crippen molar-refractivity contribution in [3.05, 3.63) is 0 Å². The van der Waals surface area contributed by atoms with Gasteiger partial charge in [0, 0.05) is 13.2 Å². The highest BCUT2D eigenvalue weighted by Crippen LogP contribution is 2.06. The van der Waals surface area contributed by atoms with Crippen LogP contribution in [0.4, 0.5) is 0 Å². The molecule has 0 amide bonds. The van der Waals surface area contributed by atoms with Gasteiger partial charge in [-0.25, -0.2) is 0 Å². The third kappa shape index (κ3) is 11.9. The molecule has 2 N–H and O–H groups in total. The Morgan fingerprint density at radius 2 is 1.36 bits per heavy atom. The molecule has 0 fully saturated rings. The molecule has 0 saturated heterocycles. The van der Waals surface area contributed by atoms with Crippen LogP contribution in [0.25, 0.3) is 0 Å². The van der Waals surface area contributed by atoms with E-state index >= 15 is 0 Å². The molecule has 0 saturated carbocycles. The number of hydrogen-bond donors (Lipinski definition) is 1. The van der Waals surface area contributed by atoms with Gasteiger partial charge < -0.3 is 10.5 Å². The van der Waals surface area contributed by atoms with Gasteiger partial charge in [0.1, 0.15) is 0 Å². The van der Waals surface area contributed by atoms with Crippen molar-refractivity contribution in [3.63, 3.8) is 0 Å². The molecule has 14 heavy (non-hydrogen) atoms. The smallest absolute Gasteiger partial charge is 0.0466 e. The molecule has 0 aromatic rings. The molecule has 86 valence electrons. The first-order valence-electron chi connectivity index (χ1n) is 6.19. The van der Waals surface area contributed by atoms with Crippen molar-refractivity contribution in [2.75, 3.05) is 19.8 Å². The molecule has 0 rings (SSSR count). The first kappa shape index (κ1) is 13.9. The first-order valence-corrected chi connectivity index (χ1v) is 6.19. The molecule has 0 aromatic carbocycles. The predicted octanol–water partition coefficient (Wildman–Crippen LogP) is 3.10. The van der Waals surface area contributed by atoms with Crippen molar-refractivity contribution < 1.29 is 4.74 Å². The summed E-state index contributed by atoms with van der Waals surface area (Å²) in [6.45, 7) is 4.88. The lowest BCUT2D eigenvalue weighted by molar-refractivity contribution is 0.130. The summed E-state index contributed by atoms with van der Waals surface area (Å²) >= 11 is 0.